The monoisotopic (exact) mass is 441 g/mol. The molecule has 3 nitrogen and oxygen atoms in total. The van der Waals surface area contributed by atoms with Crippen LogP contribution >= 0.6 is 16.3 Å². The lowest BCUT2D eigenvalue weighted by Crippen LogP contribution is -2.28. The zero-order valence-electron chi connectivity index (χ0n) is 21.4. The summed E-state index contributed by atoms with van der Waals surface area (Å²) in [5.74, 6) is 1.81. The van der Waals surface area contributed by atoms with Crippen LogP contribution in [0.4, 0.5) is 5.69 Å². The van der Waals surface area contributed by atoms with Crippen molar-refractivity contribution in [2.75, 3.05) is 19.0 Å². The molecule has 0 aromatic heterocycles. The van der Waals surface area contributed by atoms with Crippen molar-refractivity contribution in [3.05, 3.63) is 18.2 Å². The molecule has 0 saturated heterocycles. The third-order valence-corrected chi connectivity index (χ3v) is 9.87. The minimum Gasteiger partial charge on any atom is -0.473 e. The van der Waals surface area contributed by atoms with Gasteiger partial charge < -0.3 is 13.9 Å². The smallest absolute Gasteiger partial charge is 0.129 e. The van der Waals surface area contributed by atoms with E-state index < -0.39 is 16.3 Å². The highest BCUT2D eigenvalue weighted by atomic mass is 31.1. The van der Waals surface area contributed by atoms with Crippen LogP contribution in [-0.2, 0) is 0 Å². The van der Waals surface area contributed by atoms with Crippen LogP contribution in [0.15, 0.2) is 18.2 Å². The highest BCUT2D eigenvalue weighted by Gasteiger charge is 2.39. The molecular weight excluding hydrogens is 396 g/mol. The van der Waals surface area contributed by atoms with Gasteiger partial charge in [-0.2, -0.15) is 0 Å². The number of anilines is 1. The predicted octanol–water partition coefficient (Wildman–Crippen LogP) is 8.50. The van der Waals surface area contributed by atoms with Gasteiger partial charge in [0, 0.05) is 58.6 Å². The largest absolute Gasteiger partial charge is 0.473 e. The van der Waals surface area contributed by atoms with Crippen molar-refractivity contribution in [2.45, 2.75) is 104 Å². The van der Waals surface area contributed by atoms with E-state index in [0.717, 1.165) is 17.2 Å². The van der Waals surface area contributed by atoms with E-state index in [4.69, 9.17) is 9.05 Å². The average Bonchev–Trinajstić information content (AvgIpc) is 2.45. The Hall–Kier alpha value is -0.520. The summed E-state index contributed by atoms with van der Waals surface area (Å²) in [6, 6.07) is 6.36. The van der Waals surface area contributed by atoms with E-state index in [-0.39, 0.29) is 20.6 Å². The summed E-state index contributed by atoms with van der Waals surface area (Å²) in [4.78, 5) is 2.12. The first kappa shape index (κ1) is 26.5. The minimum atomic E-state index is -0.697. The van der Waals surface area contributed by atoms with Gasteiger partial charge >= 0.3 is 0 Å². The van der Waals surface area contributed by atoms with Gasteiger partial charge in [-0.15, -0.1) is 0 Å². The van der Waals surface area contributed by atoms with Crippen molar-refractivity contribution >= 4 is 22.0 Å². The molecule has 0 radical (unpaired) electrons. The first-order valence-electron chi connectivity index (χ1n) is 10.5. The fourth-order valence-corrected chi connectivity index (χ4v) is 9.44. The summed E-state index contributed by atoms with van der Waals surface area (Å²) < 4.78 is 13.4. The molecule has 0 heterocycles. The molecule has 0 N–H and O–H groups in total. The maximum absolute atomic E-state index is 6.69. The lowest BCUT2D eigenvalue weighted by Gasteiger charge is -2.41. The van der Waals surface area contributed by atoms with E-state index >= 15 is 0 Å². The summed E-state index contributed by atoms with van der Waals surface area (Å²) in [5.41, 5.74) is 1.10. The van der Waals surface area contributed by atoms with Crippen molar-refractivity contribution in [1.29, 1.82) is 0 Å². The van der Waals surface area contributed by atoms with E-state index in [2.05, 4.69) is 120 Å². The Labute approximate surface area is 183 Å². The fraction of sp³-hybridized carbons (Fsp3) is 0.750. The second-order valence-electron chi connectivity index (χ2n) is 12.0. The van der Waals surface area contributed by atoms with E-state index in [0.29, 0.717) is 0 Å². The summed E-state index contributed by atoms with van der Waals surface area (Å²) in [7, 11) is 2.74. The Morgan fingerprint density at radius 3 is 1.03 bits per heavy atom. The van der Waals surface area contributed by atoms with Crippen molar-refractivity contribution in [2.24, 2.45) is 0 Å². The molecule has 1 aromatic carbocycles. The number of benzene rings is 1. The molecule has 0 aliphatic carbocycles. The Balaban J connectivity index is 3.41. The number of hydrogen-bond donors (Lipinski definition) is 0. The third-order valence-electron chi connectivity index (χ3n) is 4.21. The quantitative estimate of drug-likeness (QED) is 0.428. The van der Waals surface area contributed by atoms with Crippen molar-refractivity contribution in [3.63, 3.8) is 0 Å². The van der Waals surface area contributed by atoms with Crippen molar-refractivity contribution in [1.82, 2.24) is 0 Å². The number of nitrogens with zero attached hydrogens (tertiary/aromatic N) is 1. The molecule has 0 spiro atoms. The standard InChI is InChI=1S/C24H45NO2P2/c1-21(2,3)28(22(4,5)6)26-19-15-18(25(13)14)16-20(17-19)27-29(23(7,8)9)24(10,11)12/h15-17H,1-14H3. The summed E-state index contributed by atoms with van der Waals surface area (Å²) in [6.07, 6.45) is 0. The Bertz CT molecular complexity index is 594. The van der Waals surface area contributed by atoms with Crippen molar-refractivity contribution in [3.8, 4) is 11.5 Å². The molecule has 0 aliphatic heterocycles. The van der Waals surface area contributed by atoms with Gasteiger partial charge in [0.05, 0.1) is 16.3 Å². The lowest BCUT2D eigenvalue weighted by molar-refractivity contribution is 0.516. The summed E-state index contributed by atoms with van der Waals surface area (Å²) in [6.45, 7) is 27.3. The van der Waals surface area contributed by atoms with Crippen LogP contribution in [0.1, 0.15) is 83.1 Å². The Morgan fingerprint density at radius 1 is 0.552 bits per heavy atom. The topological polar surface area (TPSA) is 21.7 Å². The zero-order chi connectivity index (χ0) is 23.0. The zero-order valence-corrected chi connectivity index (χ0v) is 23.2. The molecule has 168 valence electrons. The van der Waals surface area contributed by atoms with Gasteiger partial charge in [-0.1, -0.05) is 83.1 Å². The van der Waals surface area contributed by atoms with Gasteiger partial charge in [0.2, 0.25) is 0 Å². The minimum absolute atomic E-state index is 0.0894. The van der Waals surface area contributed by atoms with Gasteiger partial charge in [-0.3, -0.25) is 0 Å². The highest BCUT2D eigenvalue weighted by Crippen LogP contribution is 2.62. The molecular formula is C24H45NO2P2. The normalized spacial score (nSPS) is 13.8. The van der Waals surface area contributed by atoms with E-state index in [9.17, 15) is 0 Å². The van der Waals surface area contributed by atoms with Crippen LogP contribution in [-0.4, -0.2) is 34.7 Å². The maximum atomic E-state index is 6.69. The SMILES string of the molecule is CN(C)c1cc(OP(C(C)(C)C)C(C)(C)C)cc(OP(C(C)(C)C)C(C)(C)C)c1. The first-order valence-corrected chi connectivity index (χ1v) is 13.0. The molecule has 0 saturated carbocycles. The van der Waals surface area contributed by atoms with Gasteiger partial charge in [0.15, 0.2) is 0 Å². The van der Waals surface area contributed by atoms with Gasteiger partial charge in [-0.05, 0) is 0 Å². The van der Waals surface area contributed by atoms with Gasteiger partial charge in [-0.25, -0.2) is 0 Å². The summed E-state index contributed by atoms with van der Waals surface area (Å²) in [5, 5.41) is 0.358. The molecule has 0 amide bonds. The fourth-order valence-electron chi connectivity index (χ4n) is 3.69. The van der Waals surface area contributed by atoms with Crippen LogP contribution in [0, 0.1) is 0 Å². The van der Waals surface area contributed by atoms with Crippen molar-refractivity contribution < 1.29 is 9.05 Å². The highest BCUT2D eigenvalue weighted by molar-refractivity contribution is 7.56. The second-order valence-corrected chi connectivity index (χ2v) is 18.9. The third kappa shape index (κ3) is 7.91. The Morgan fingerprint density at radius 2 is 0.828 bits per heavy atom. The van der Waals surface area contributed by atoms with Crippen LogP contribution in [0.2, 0.25) is 0 Å². The number of rotatable bonds is 5. The molecule has 0 atom stereocenters. The molecule has 1 rings (SSSR count). The van der Waals surface area contributed by atoms with Crippen LogP contribution in [0.5, 0.6) is 11.5 Å². The average molecular weight is 442 g/mol. The summed E-state index contributed by atoms with van der Waals surface area (Å²) >= 11 is 0. The predicted molar refractivity (Wildman–Crippen MR) is 135 cm³/mol. The lowest BCUT2D eigenvalue weighted by atomic mass is 10.2. The van der Waals surface area contributed by atoms with Crippen LogP contribution in [0.3, 0.4) is 0 Å². The molecule has 5 heteroatoms. The van der Waals surface area contributed by atoms with E-state index in [1.54, 1.807) is 0 Å². The molecule has 0 aliphatic rings. The maximum Gasteiger partial charge on any atom is 0.129 e. The van der Waals surface area contributed by atoms with Crippen LogP contribution < -0.4 is 13.9 Å². The van der Waals surface area contributed by atoms with Crippen LogP contribution in [0.25, 0.3) is 0 Å². The first-order chi connectivity index (χ1) is 12.7. The number of hydrogen-bond acceptors (Lipinski definition) is 3. The molecule has 0 unspecified atom stereocenters. The van der Waals surface area contributed by atoms with Gasteiger partial charge in [0.1, 0.15) is 11.5 Å². The van der Waals surface area contributed by atoms with E-state index in [1.165, 1.54) is 0 Å². The van der Waals surface area contributed by atoms with E-state index in [1.807, 2.05) is 0 Å². The molecule has 29 heavy (non-hydrogen) atoms. The molecule has 0 bridgehead atoms. The second kappa shape index (κ2) is 8.92. The molecule has 1 aromatic rings. The molecule has 0 fully saturated rings. The Kier molecular flexibility index (Phi) is 8.15. The van der Waals surface area contributed by atoms with Gasteiger partial charge in [0.25, 0.3) is 0 Å².